The summed E-state index contributed by atoms with van der Waals surface area (Å²) in [5, 5.41) is 0. The van der Waals surface area contributed by atoms with Crippen molar-refractivity contribution in [2.75, 3.05) is 19.3 Å². The van der Waals surface area contributed by atoms with Crippen LogP contribution in [0.1, 0.15) is 10.4 Å². The largest absolute Gasteiger partial charge is 0.406 e. The van der Waals surface area contributed by atoms with Crippen LogP contribution in [0.15, 0.2) is 18.2 Å². The Hall–Kier alpha value is -1.79. The summed E-state index contributed by atoms with van der Waals surface area (Å²) in [6.07, 6.45) is -4.51. The van der Waals surface area contributed by atoms with E-state index in [4.69, 9.17) is 5.73 Å². The van der Waals surface area contributed by atoms with Crippen molar-refractivity contribution in [2.45, 2.75) is 6.18 Å². The quantitative estimate of drug-likeness (QED) is 0.645. The van der Waals surface area contributed by atoms with Crippen LogP contribution in [-0.4, -0.2) is 30.6 Å². The fraction of sp³-hybridized carbons (Fsp3) is 0.300. The SMILES string of the molecule is CN(CC(F)(F)F)C(=O)c1cccc(F)c1N. The lowest BCUT2D eigenvalue weighted by Crippen LogP contribution is -2.36. The maximum absolute atomic E-state index is 13.0. The number of hydrogen-bond acceptors (Lipinski definition) is 2. The predicted octanol–water partition coefficient (Wildman–Crippen LogP) is 2.04. The van der Waals surface area contributed by atoms with Gasteiger partial charge in [-0.15, -0.1) is 0 Å². The lowest BCUT2D eigenvalue weighted by Gasteiger charge is -2.19. The molecule has 0 unspecified atom stereocenters. The van der Waals surface area contributed by atoms with Gasteiger partial charge in [-0.1, -0.05) is 6.07 Å². The van der Waals surface area contributed by atoms with E-state index in [9.17, 15) is 22.4 Å². The first-order valence-electron chi connectivity index (χ1n) is 4.58. The maximum Gasteiger partial charge on any atom is 0.406 e. The summed E-state index contributed by atoms with van der Waals surface area (Å²) in [5.41, 5.74) is 4.55. The third-order valence-corrected chi connectivity index (χ3v) is 2.05. The topological polar surface area (TPSA) is 46.3 Å². The predicted molar refractivity (Wildman–Crippen MR) is 53.8 cm³/mol. The molecule has 0 spiro atoms. The number of benzene rings is 1. The van der Waals surface area contributed by atoms with Crippen LogP contribution in [0, 0.1) is 5.82 Å². The molecule has 7 heteroatoms. The molecule has 1 aromatic carbocycles. The van der Waals surface area contributed by atoms with Gasteiger partial charge in [0.05, 0.1) is 11.3 Å². The highest BCUT2D eigenvalue weighted by Gasteiger charge is 2.32. The van der Waals surface area contributed by atoms with Gasteiger partial charge in [0.25, 0.3) is 5.91 Å². The van der Waals surface area contributed by atoms with E-state index in [1.54, 1.807) is 0 Å². The summed E-state index contributed by atoms with van der Waals surface area (Å²) in [7, 11) is 0.972. The lowest BCUT2D eigenvalue weighted by molar-refractivity contribution is -0.138. The molecule has 2 N–H and O–H groups in total. The minimum Gasteiger partial charge on any atom is -0.396 e. The first-order valence-corrected chi connectivity index (χ1v) is 4.58. The van der Waals surface area contributed by atoms with Gasteiger partial charge in [0.1, 0.15) is 12.4 Å². The zero-order chi connectivity index (χ0) is 13.2. The van der Waals surface area contributed by atoms with Crippen molar-refractivity contribution in [2.24, 2.45) is 0 Å². The molecule has 0 fully saturated rings. The summed E-state index contributed by atoms with van der Waals surface area (Å²) >= 11 is 0. The normalized spacial score (nSPS) is 11.4. The van der Waals surface area contributed by atoms with Gasteiger partial charge in [0, 0.05) is 7.05 Å². The van der Waals surface area contributed by atoms with E-state index in [1.807, 2.05) is 0 Å². The zero-order valence-electron chi connectivity index (χ0n) is 8.88. The van der Waals surface area contributed by atoms with Crippen LogP contribution in [0.25, 0.3) is 0 Å². The van der Waals surface area contributed by atoms with Gasteiger partial charge in [-0.3, -0.25) is 4.79 Å². The number of nitrogens with two attached hydrogens (primary N) is 1. The third kappa shape index (κ3) is 3.33. The standard InChI is InChI=1S/C10H10F4N2O/c1-16(5-10(12,13)14)9(17)6-3-2-4-7(11)8(6)15/h2-4H,5,15H2,1H3. The number of amides is 1. The highest BCUT2D eigenvalue weighted by atomic mass is 19.4. The van der Waals surface area contributed by atoms with Gasteiger partial charge < -0.3 is 10.6 Å². The number of carbonyl (C=O) groups excluding carboxylic acids is 1. The van der Waals surface area contributed by atoms with Crippen molar-refractivity contribution >= 4 is 11.6 Å². The Morgan fingerprint density at radius 2 is 2.00 bits per heavy atom. The van der Waals surface area contributed by atoms with Crippen LogP contribution in [0.4, 0.5) is 23.2 Å². The van der Waals surface area contributed by atoms with Gasteiger partial charge in [-0.05, 0) is 12.1 Å². The van der Waals surface area contributed by atoms with E-state index in [0.29, 0.717) is 4.90 Å². The Labute approximate surface area is 94.8 Å². The summed E-state index contributed by atoms with van der Waals surface area (Å²) in [6, 6.07) is 3.41. The number of carbonyl (C=O) groups is 1. The smallest absolute Gasteiger partial charge is 0.396 e. The summed E-state index contributed by atoms with van der Waals surface area (Å²) in [5.74, 6) is -1.81. The molecule has 0 radical (unpaired) electrons. The molecule has 0 saturated carbocycles. The van der Waals surface area contributed by atoms with Gasteiger partial charge >= 0.3 is 6.18 Å². The van der Waals surface area contributed by atoms with E-state index < -0.39 is 30.1 Å². The van der Waals surface area contributed by atoms with Crippen molar-refractivity contribution in [3.05, 3.63) is 29.6 Å². The number of rotatable bonds is 2. The molecule has 0 aliphatic rings. The fourth-order valence-corrected chi connectivity index (χ4v) is 1.27. The molecule has 3 nitrogen and oxygen atoms in total. The molecule has 94 valence electrons. The van der Waals surface area contributed by atoms with E-state index in [0.717, 1.165) is 13.1 Å². The molecule has 1 rings (SSSR count). The average Bonchev–Trinajstić information content (AvgIpc) is 2.18. The first kappa shape index (κ1) is 13.3. The molecule has 0 atom stereocenters. The average molecular weight is 250 g/mol. The molecule has 0 bridgehead atoms. The molecule has 1 aromatic rings. The summed E-state index contributed by atoms with van der Waals surface area (Å²) < 4.78 is 49.2. The minimum absolute atomic E-state index is 0.281. The van der Waals surface area contributed by atoms with Crippen LogP contribution >= 0.6 is 0 Å². The van der Waals surface area contributed by atoms with E-state index in [-0.39, 0.29) is 5.56 Å². The highest BCUT2D eigenvalue weighted by molar-refractivity contribution is 5.99. The fourth-order valence-electron chi connectivity index (χ4n) is 1.27. The molecule has 0 saturated heterocycles. The number of alkyl halides is 3. The van der Waals surface area contributed by atoms with E-state index in [1.165, 1.54) is 12.1 Å². The number of hydrogen-bond donors (Lipinski definition) is 1. The molecule has 17 heavy (non-hydrogen) atoms. The molecule has 0 aromatic heterocycles. The number of halogens is 4. The lowest BCUT2D eigenvalue weighted by atomic mass is 10.1. The summed E-state index contributed by atoms with van der Waals surface area (Å²) in [6.45, 7) is -1.41. The second-order valence-corrected chi connectivity index (χ2v) is 3.48. The highest BCUT2D eigenvalue weighted by Crippen LogP contribution is 2.20. The van der Waals surface area contributed by atoms with Crippen LogP contribution in [0.5, 0.6) is 0 Å². The van der Waals surface area contributed by atoms with Crippen molar-refractivity contribution in [1.82, 2.24) is 4.90 Å². The van der Waals surface area contributed by atoms with Crippen molar-refractivity contribution in [3.8, 4) is 0 Å². The number of nitrogen functional groups attached to an aromatic ring is 1. The van der Waals surface area contributed by atoms with Gasteiger partial charge in [0.15, 0.2) is 0 Å². The Morgan fingerprint density at radius 3 is 2.53 bits per heavy atom. The van der Waals surface area contributed by atoms with Gasteiger partial charge in [0.2, 0.25) is 0 Å². The number of anilines is 1. The Balaban J connectivity index is 2.93. The van der Waals surface area contributed by atoms with E-state index in [2.05, 4.69) is 0 Å². The third-order valence-electron chi connectivity index (χ3n) is 2.05. The maximum atomic E-state index is 13.0. The Bertz CT molecular complexity index is 431. The molecule has 0 heterocycles. The van der Waals surface area contributed by atoms with E-state index >= 15 is 0 Å². The molecular formula is C10H10F4N2O. The van der Waals surface area contributed by atoms with Gasteiger partial charge in [-0.2, -0.15) is 13.2 Å². The second kappa shape index (κ2) is 4.60. The van der Waals surface area contributed by atoms with Crippen molar-refractivity contribution < 1.29 is 22.4 Å². The molecule has 0 aliphatic heterocycles. The molecular weight excluding hydrogens is 240 g/mol. The Morgan fingerprint density at radius 1 is 1.41 bits per heavy atom. The Kier molecular flexibility index (Phi) is 3.59. The van der Waals surface area contributed by atoms with Crippen LogP contribution in [-0.2, 0) is 0 Å². The van der Waals surface area contributed by atoms with Crippen LogP contribution < -0.4 is 5.73 Å². The van der Waals surface area contributed by atoms with Gasteiger partial charge in [-0.25, -0.2) is 4.39 Å². The number of nitrogens with zero attached hydrogens (tertiary/aromatic N) is 1. The molecule has 0 aliphatic carbocycles. The first-order chi connectivity index (χ1) is 7.72. The second-order valence-electron chi connectivity index (χ2n) is 3.48. The van der Waals surface area contributed by atoms with Crippen LogP contribution in [0.3, 0.4) is 0 Å². The minimum atomic E-state index is -4.51. The molecule has 1 amide bonds. The van der Waals surface area contributed by atoms with Crippen molar-refractivity contribution in [3.63, 3.8) is 0 Å². The zero-order valence-corrected chi connectivity index (χ0v) is 8.88. The van der Waals surface area contributed by atoms with Crippen LogP contribution in [0.2, 0.25) is 0 Å². The van der Waals surface area contributed by atoms with Crippen molar-refractivity contribution in [1.29, 1.82) is 0 Å². The number of para-hydroxylation sites is 1. The summed E-state index contributed by atoms with van der Waals surface area (Å²) in [4.78, 5) is 12.0. The monoisotopic (exact) mass is 250 g/mol.